The standard InChI is InChI=1S/C18H19ClO/c19-15-8-3-5-13(11-15)12-18(20)17-10-4-7-14-6-1-2-9-16(14)17/h1-3,5-6,8-9,11,17-18,20H,4,7,10,12H2. The van der Waals surface area contributed by atoms with Crippen molar-refractivity contribution >= 4 is 11.6 Å². The van der Waals surface area contributed by atoms with E-state index in [0.717, 1.165) is 29.8 Å². The van der Waals surface area contributed by atoms with Crippen LogP contribution in [0.5, 0.6) is 0 Å². The Bertz CT molecular complexity index is 593. The van der Waals surface area contributed by atoms with Gasteiger partial charge in [-0.3, -0.25) is 0 Å². The van der Waals surface area contributed by atoms with Gasteiger partial charge in [-0.25, -0.2) is 0 Å². The first-order chi connectivity index (χ1) is 9.74. The first kappa shape index (κ1) is 13.7. The highest BCUT2D eigenvalue weighted by Gasteiger charge is 2.26. The zero-order valence-corrected chi connectivity index (χ0v) is 12.2. The third kappa shape index (κ3) is 2.89. The summed E-state index contributed by atoms with van der Waals surface area (Å²) in [5.41, 5.74) is 3.83. The van der Waals surface area contributed by atoms with Gasteiger partial charge in [0.05, 0.1) is 6.10 Å². The van der Waals surface area contributed by atoms with E-state index in [1.54, 1.807) is 0 Å². The van der Waals surface area contributed by atoms with E-state index in [1.807, 2.05) is 24.3 Å². The molecule has 2 atom stereocenters. The van der Waals surface area contributed by atoms with Crippen LogP contribution in [0.15, 0.2) is 48.5 Å². The molecule has 104 valence electrons. The van der Waals surface area contributed by atoms with Gasteiger partial charge in [-0.15, -0.1) is 0 Å². The Hall–Kier alpha value is -1.31. The van der Waals surface area contributed by atoms with Gasteiger partial charge in [-0.05, 0) is 54.5 Å². The number of aryl methyl sites for hydroxylation is 1. The van der Waals surface area contributed by atoms with E-state index < -0.39 is 0 Å². The smallest absolute Gasteiger partial charge is 0.0649 e. The first-order valence-electron chi connectivity index (χ1n) is 7.24. The van der Waals surface area contributed by atoms with E-state index in [9.17, 15) is 5.11 Å². The van der Waals surface area contributed by atoms with Gasteiger partial charge in [0.1, 0.15) is 0 Å². The lowest BCUT2D eigenvalue weighted by molar-refractivity contribution is 0.134. The van der Waals surface area contributed by atoms with Gasteiger partial charge in [0.25, 0.3) is 0 Å². The van der Waals surface area contributed by atoms with Crippen LogP contribution in [0.3, 0.4) is 0 Å². The fourth-order valence-electron chi connectivity index (χ4n) is 3.24. The molecule has 1 aliphatic carbocycles. The van der Waals surface area contributed by atoms with Crippen LogP contribution in [-0.2, 0) is 12.8 Å². The van der Waals surface area contributed by atoms with Crippen molar-refractivity contribution in [3.05, 3.63) is 70.2 Å². The molecule has 0 saturated carbocycles. The molecule has 2 heteroatoms. The highest BCUT2D eigenvalue weighted by molar-refractivity contribution is 6.30. The summed E-state index contributed by atoms with van der Waals surface area (Å²) in [7, 11) is 0. The molecule has 0 aromatic heterocycles. The molecule has 1 N–H and O–H groups in total. The number of hydrogen-bond acceptors (Lipinski definition) is 1. The molecule has 0 radical (unpaired) electrons. The highest BCUT2D eigenvalue weighted by atomic mass is 35.5. The Labute approximate surface area is 125 Å². The average molecular weight is 287 g/mol. The maximum Gasteiger partial charge on any atom is 0.0649 e. The van der Waals surface area contributed by atoms with Crippen LogP contribution >= 0.6 is 11.6 Å². The zero-order chi connectivity index (χ0) is 13.9. The Morgan fingerprint density at radius 1 is 1.15 bits per heavy atom. The third-order valence-corrected chi connectivity index (χ3v) is 4.45. The van der Waals surface area contributed by atoms with Crippen LogP contribution in [0, 0.1) is 0 Å². The van der Waals surface area contributed by atoms with Crippen molar-refractivity contribution in [2.24, 2.45) is 0 Å². The van der Waals surface area contributed by atoms with Crippen LogP contribution < -0.4 is 0 Å². The monoisotopic (exact) mass is 286 g/mol. The van der Waals surface area contributed by atoms with Gasteiger partial charge in [-0.1, -0.05) is 48.0 Å². The minimum Gasteiger partial charge on any atom is -0.392 e. The first-order valence-corrected chi connectivity index (χ1v) is 7.62. The van der Waals surface area contributed by atoms with Crippen molar-refractivity contribution in [1.82, 2.24) is 0 Å². The Morgan fingerprint density at radius 3 is 2.85 bits per heavy atom. The van der Waals surface area contributed by atoms with E-state index in [0.29, 0.717) is 6.42 Å². The molecule has 0 aliphatic heterocycles. The van der Waals surface area contributed by atoms with Gasteiger partial charge >= 0.3 is 0 Å². The SMILES string of the molecule is OC(Cc1cccc(Cl)c1)C1CCCc2ccccc21. The molecule has 0 saturated heterocycles. The highest BCUT2D eigenvalue weighted by Crippen LogP contribution is 2.35. The molecule has 3 rings (SSSR count). The Kier molecular flexibility index (Phi) is 4.09. The average Bonchev–Trinajstić information content (AvgIpc) is 2.46. The van der Waals surface area contributed by atoms with E-state index in [4.69, 9.17) is 11.6 Å². The number of aliphatic hydroxyl groups is 1. The van der Waals surface area contributed by atoms with Crippen molar-refractivity contribution in [2.75, 3.05) is 0 Å². The summed E-state index contributed by atoms with van der Waals surface area (Å²) in [4.78, 5) is 0. The predicted octanol–water partition coefficient (Wildman–Crippen LogP) is 4.36. The Morgan fingerprint density at radius 2 is 2.00 bits per heavy atom. The maximum atomic E-state index is 10.6. The topological polar surface area (TPSA) is 20.2 Å². The fourth-order valence-corrected chi connectivity index (χ4v) is 3.45. The molecule has 0 amide bonds. The van der Waals surface area contributed by atoms with Gasteiger partial charge in [0.15, 0.2) is 0 Å². The minimum absolute atomic E-state index is 0.249. The maximum absolute atomic E-state index is 10.6. The predicted molar refractivity (Wildman–Crippen MR) is 83.3 cm³/mol. The molecule has 20 heavy (non-hydrogen) atoms. The zero-order valence-electron chi connectivity index (χ0n) is 11.4. The lowest BCUT2D eigenvalue weighted by atomic mass is 9.78. The molecule has 2 unspecified atom stereocenters. The molecule has 0 fully saturated rings. The molecule has 0 spiro atoms. The van der Waals surface area contributed by atoms with Crippen LogP contribution in [0.4, 0.5) is 0 Å². The van der Waals surface area contributed by atoms with Crippen molar-refractivity contribution in [1.29, 1.82) is 0 Å². The molecular weight excluding hydrogens is 268 g/mol. The number of benzene rings is 2. The van der Waals surface area contributed by atoms with Crippen LogP contribution in [-0.4, -0.2) is 11.2 Å². The molecule has 0 heterocycles. The fraction of sp³-hybridized carbons (Fsp3) is 0.333. The summed E-state index contributed by atoms with van der Waals surface area (Å²) < 4.78 is 0. The van der Waals surface area contributed by atoms with E-state index >= 15 is 0 Å². The summed E-state index contributed by atoms with van der Waals surface area (Å²) in [6.07, 6.45) is 3.69. The number of halogens is 1. The summed E-state index contributed by atoms with van der Waals surface area (Å²) >= 11 is 6.01. The van der Waals surface area contributed by atoms with Gasteiger partial charge in [0.2, 0.25) is 0 Å². The van der Waals surface area contributed by atoms with Crippen LogP contribution in [0.25, 0.3) is 0 Å². The van der Waals surface area contributed by atoms with Crippen molar-refractivity contribution in [3.8, 4) is 0 Å². The van der Waals surface area contributed by atoms with Gasteiger partial charge < -0.3 is 5.11 Å². The van der Waals surface area contributed by atoms with Crippen molar-refractivity contribution in [2.45, 2.75) is 37.7 Å². The second kappa shape index (κ2) is 5.99. The second-order valence-electron chi connectivity index (χ2n) is 5.60. The lowest BCUT2D eigenvalue weighted by Gasteiger charge is -2.29. The molecule has 0 bridgehead atoms. The minimum atomic E-state index is -0.338. The number of rotatable bonds is 3. The lowest BCUT2D eigenvalue weighted by Crippen LogP contribution is -2.24. The normalized spacial score (nSPS) is 19.4. The van der Waals surface area contributed by atoms with Crippen molar-refractivity contribution < 1.29 is 5.11 Å². The van der Waals surface area contributed by atoms with Gasteiger partial charge in [-0.2, -0.15) is 0 Å². The van der Waals surface area contributed by atoms with E-state index in [-0.39, 0.29) is 12.0 Å². The summed E-state index contributed by atoms with van der Waals surface area (Å²) in [6.45, 7) is 0. The van der Waals surface area contributed by atoms with E-state index in [1.165, 1.54) is 11.1 Å². The molecule has 1 nitrogen and oxygen atoms in total. The Balaban J connectivity index is 1.80. The van der Waals surface area contributed by atoms with Crippen LogP contribution in [0.1, 0.15) is 35.4 Å². The van der Waals surface area contributed by atoms with Crippen LogP contribution in [0.2, 0.25) is 5.02 Å². The third-order valence-electron chi connectivity index (χ3n) is 4.21. The van der Waals surface area contributed by atoms with E-state index in [2.05, 4.69) is 24.3 Å². The summed E-state index contributed by atoms with van der Waals surface area (Å²) in [5.74, 6) is 0.249. The summed E-state index contributed by atoms with van der Waals surface area (Å²) in [5, 5.41) is 11.4. The van der Waals surface area contributed by atoms with Gasteiger partial charge in [0, 0.05) is 10.9 Å². The second-order valence-corrected chi connectivity index (χ2v) is 6.04. The van der Waals surface area contributed by atoms with Crippen molar-refractivity contribution in [3.63, 3.8) is 0 Å². The molecule has 2 aromatic carbocycles. The molecule has 1 aliphatic rings. The molecular formula is C18H19ClO. The number of hydrogen-bond donors (Lipinski definition) is 1. The number of fused-ring (bicyclic) bond motifs is 1. The largest absolute Gasteiger partial charge is 0.392 e. The summed E-state index contributed by atoms with van der Waals surface area (Å²) in [6, 6.07) is 16.3. The molecule has 2 aromatic rings. The number of aliphatic hydroxyl groups excluding tert-OH is 1. The quantitative estimate of drug-likeness (QED) is 0.889.